The van der Waals surface area contributed by atoms with Crippen LogP contribution in [0, 0.1) is 0 Å². The molecular weight excluding hydrogens is 116 g/mol. The van der Waals surface area contributed by atoms with Crippen LogP contribution in [0.5, 0.6) is 0 Å². The van der Waals surface area contributed by atoms with E-state index in [2.05, 4.69) is 0 Å². The first kappa shape index (κ1) is 6.11. The van der Waals surface area contributed by atoms with Gasteiger partial charge in [0.15, 0.2) is 0 Å². The van der Waals surface area contributed by atoms with Crippen molar-refractivity contribution in [2.24, 2.45) is 0 Å². The summed E-state index contributed by atoms with van der Waals surface area (Å²) in [5, 5.41) is 8.35. The van der Waals surface area contributed by atoms with Crippen molar-refractivity contribution in [2.75, 3.05) is 6.61 Å². The molecule has 1 N–H and O–H groups in total. The second kappa shape index (κ2) is 3.10. The van der Waals surface area contributed by atoms with Gasteiger partial charge in [-0.25, -0.2) is 0 Å². The fourth-order valence-electron chi connectivity index (χ4n) is 0.559. The normalized spacial score (nSPS) is 10.8. The predicted molar refractivity (Wildman–Crippen MR) is 34.8 cm³/mol. The molecule has 0 aliphatic carbocycles. The van der Waals surface area contributed by atoms with Gasteiger partial charge in [-0.2, -0.15) is 0 Å². The molecule has 0 aromatic carbocycles. The van der Waals surface area contributed by atoms with E-state index in [1.54, 1.807) is 24.7 Å². The van der Waals surface area contributed by atoms with Crippen LogP contribution in [-0.2, 0) is 0 Å². The van der Waals surface area contributed by atoms with E-state index in [4.69, 9.17) is 9.52 Å². The highest BCUT2D eigenvalue weighted by Gasteiger charge is 1.82. The zero-order valence-corrected chi connectivity index (χ0v) is 4.95. The lowest BCUT2D eigenvalue weighted by molar-refractivity contribution is 0.343. The Hall–Kier alpha value is -1.02. The van der Waals surface area contributed by atoms with Gasteiger partial charge in [0.2, 0.25) is 0 Å². The maximum Gasteiger partial charge on any atom is 0.0974 e. The van der Waals surface area contributed by atoms with Crippen molar-refractivity contribution in [2.45, 2.75) is 0 Å². The molecule has 0 saturated carbocycles. The van der Waals surface area contributed by atoms with Gasteiger partial charge in [0.25, 0.3) is 0 Å². The molecule has 48 valence electrons. The highest BCUT2D eigenvalue weighted by atomic mass is 16.3. The quantitative estimate of drug-likeness (QED) is 0.644. The maximum atomic E-state index is 8.35. The molecule has 0 fully saturated rings. The van der Waals surface area contributed by atoms with Crippen LogP contribution < -0.4 is 0 Å². The summed E-state index contributed by atoms with van der Waals surface area (Å²) < 4.78 is 4.78. The standard InChI is InChI=1S/C7H8O2/c8-4-1-2-7-3-5-9-6-7/h1-3,5-6,8H,4H2/b2-1+. The van der Waals surface area contributed by atoms with E-state index in [9.17, 15) is 0 Å². The summed E-state index contributed by atoms with van der Waals surface area (Å²) in [6, 6.07) is 1.83. The third-order valence-electron chi connectivity index (χ3n) is 0.959. The summed E-state index contributed by atoms with van der Waals surface area (Å²) >= 11 is 0. The molecule has 2 nitrogen and oxygen atoms in total. The van der Waals surface area contributed by atoms with Crippen LogP contribution in [0.25, 0.3) is 6.08 Å². The highest BCUT2D eigenvalue weighted by Crippen LogP contribution is 2.00. The molecule has 0 aliphatic heterocycles. The molecule has 0 radical (unpaired) electrons. The second-order valence-electron chi connectivity index (χ2n) is 1.64. The molecule has 1 aromatic heterocycles. The molecule has 0 saturated heterocycles. The zero-order valence-electron chi connectivity index (χ0n) is 4.95. The molecule has 1 rings (SSSR count). The Morgan fingerprint density at radius 2 is 2.56 bits per heavy atom. The molecular formula is C7H8O2. The Kier molecular flexibility index (Phi) is 2.10. The number of rotatable bonds is 2. The van der Waals surface area contributed by atoms with Crippen LogP contribution in [0.15, 0.2) is 29.1 Å². The summed E-state index contributed by atoms with van der Waals surface area (Å²) in [6.45, 7) is 0.0746. The maximum absolute atomic E-state index is 8.35. The minimum Gasteiger partial charge on any atom is -0.472 e. The van der Waals surface area contributed by atoms with Crippen molar-refractivity contribution in [1.82, 2.24) is 0 Å². The Morgan fingerprint density at radius 1 is 1.67 bits per heavy atom. The first-order valence-corrected chi connectivity index (χ1v) is 2.73. The number of furan rings is 1. The van der Waals surface area contributed by atoms with Crippen molar-refractivity contribution in [3.8, 4) is 0 Å². The lowest BCUT2D eigenvalue weighted by Crippen LogP contribution is -1.68. The summed E-state index contributed by atoms with van der Waals surface area (Å²) in [5.74, 6) is 0. The monoisotopic (exact) mass is 124 g/mol. The van der Waals surface area contributed by atoms with E-state index in [0.717, 1.165) is 5.56 Å². The molecule has 9 heavy (non-hydrogen) atoms. The predicted octanol–water partition coefficient (Wildman–Crippen LogP) is 1.29. The van der Waals surface area contributed by atoms with Crippen LogP contribution in [0.2, 0.25) is 0 Å². The van der Waals surface area contributed by atoms with Crippen LogP contribution in [0.4, 0.5) is 0 Å². The number of aliphatic hydroxyl groups is 1. The van der Waals surface area contributed by atoms with Gasteiger partial charge in [0, 0.05) is 5.56 Å². The van der Waals surface area contributed by atoms with Gasteiger partial charge >= 0.3 is 0 Å². The molecule has 0 atom stereocenters. The molecule has 1 heterocycles. The van der Waals surface area contributed by atoms with Gasteiger partial charge < -0.3 is 9.52 Å². The molecule has 0 amide bonds. The Morgan fingerprint density at radius 3 is 3.11 bits per heavy atom. The summed E-state index contributed by atoms with van der Waals surface area (Å²) in [7, 11) is 0. The molecule has 2 heteroatoms. The molecule has 1 aromatic rings. The van der Waals surface area contributed by atoms with E-state index >= 15 is 0 Å². The zero-order chi connectivity index (χ0) is 6.53. The topological polar surface area (TPSA) is 33.4 Å². The number of hydrogen-bond donors (Lipinski definition) is 1. The molecule has 0 bridgehead atoms. The van der Waals surface area contributed by atoms with E-state index < -0.39 is 0 Å². The fourth-order valence-corrected chi connectivity index (χ4v) is 0.559. The van der Waals surface area contributed by atoms with Crippen LogP contribution >= 0.6 is 0 Å². The third kappa shape index (κ3) is 1.74. The smallest absolute Gasteiger partial charge is 0.0974 e. The molecule has 0 unspecified atom stereocenters. The van der Waals surface area contributed by atoms with Crippen molar-refractivity contribution in [3.63, 3.8) is 0 Å². The number of hydrogen-bond acceptors (Lipinski definition) is 2. The van der Waals surface area contributed by atoms with Gasteiger partial charge in [-0.15, -0.1) is 0 Å². The largest absolute Gasteiger partial charge is 0.472 e. The third-order valence-corrected chi connectivity index (χ3v) is 0.959. The van der Waals surface area contributed by atoms with Crippen LogP contribution in [-0.4, -0.2) is 11.7 Å². The van der Waals surface area contributed by atoms with Crippen LogP contribution in [0.3, 0.4) is 0 Å². The van der Waals surface area contributed by atoms with Gasteiger partial charge in [-0.1, -0.05) is 12.2 Å². The number of aliphatic hydroxyl groups excluding tert-OH is 1. The Labute approximate surface area is 53.4 Å². The van der Waals surface area contributed by atoms with Gasteiger partial charge in [-0.05, 0) is 6.07 Å². The SMILES string of the molecule is OC/C=C/c1ccoc1. The Bertz CT molecular complexity index is 175. The van der Waals surface area contributed by atoms with Gasteiger partial charge in [-0.3, -0.25) is 0 Å². The van der Waals surface area contributed by atoms with Gasteiger partial charge in [0.05, 0.1) is 19.1 Å². The first-order valence-electron chi connectivity index (χ1n) is 2.73. The summed E-state index contributed by atoms with van der Waals surface area (Å²) in [4.78, 5) is 0. The first-order chi connectivity index (χ1) is 4.43. The van der Waals surface area contributed by atoms with Crippen LogP contribution in [0.1, 0.15) is 5.56 Å². The minimum absolute atomic E-state index is 0.0746. The average Bonchev–Trinajstić information content (AvgIpc) is 2.34. The van der Waals surface area contributed by atoms with Crippen molar-refractivity contribution in [1.29, 1.82) is 0 Å². The van der Waals surface area contributed by atoms with Crippen molar-refractivity contribution < 1.29 is 9.52 Å². The lowest BCUT2D eigenvalue weighted by Gasteiger charge is -1.77. The van der Waals surface area contributed by atoms with Gasteiger partial charge in [0.1, 0.15) is 0 Å². The molecule has 0 spiro atoms. The summed E-state index contributed by atoms with van der Waals surface area (Å²) in [5.41, 5.74) is 0.976. The van der Waals surface area contributed by atoms with E-state index in [1.807, 2.05) is 6.07 Å². The highest BCUT2D eigenvalue weighted by molar-refractivity contribution is 5.46. The van der Waals surface area contributed by atoms with E-state index in [0.29, 0.717) is 0 Å². The lowest BCUT2D eigenvalue weighted by atomic mass is 10.3. The van der Waals surface area contributed by atoms with Crippen molar-refractivity contribution in [3.05, 3.63) is 30.2 Å². The fraction of sp³-hybridized carbons (Fsp3) is 0.143. The second-order valence-corrected chi connectivity index (χ2v) is 1.64. The summed E-state index contributed by atoms with van der Waals surface area (Å²) in [6.07, 6.45) is 6.66. The van der Waals surface area contributed by atoms with Crippen molar-refractivity contribution >= 4 is 6.08 Å². The van der Waals surface area contributed by atoms with E-state index in [1.165, 1.54) is 0 Å². The van der Waals surface area contributed by atoms with E-state index in [-0.39, 0.29) is 6.61 Å². The average molecular weight is 124 g/mol. The Balaban J connectivity index is 2.57. The minimum atomic E-state index is 0.0746. The molecule has 0 aliphatic rings.